The van der Waals surface area contributed by atoms with Crippen molar-refractivity contribution in [3.8, 4) is 0 Å². The Morgan fingerprint density at radius 3 is 2.71 bits per heavy atom. The second-order valence-electron chi connectivity index (χ2n) is 6.87. The first-order valence-corrected chi connectivity index (χ1v) is 8.93. The van der Waals surface area contributed by atoms with Gasteiger partial charge in [0.05, 0.1) is 16.7 Å². The Balaban J connectivity index is 2.19. The second kappa shape index (κ2) is 5.92. The number of rotatable bonds is 3. The van der Waals surface area contributed by atoms with Gasteiger partial charge in [0.15, 0.2) is 5.41 Å². The number of fused-ring (bicyclic) bond motifs is 2. The number of ether oxygens (including phenoxy) is 1. The van der Waals surface area contributed by atoms with Crippen LogP contribution in [0.4, 0.5) is 0 Å². The molecule has 1 saturated carbocycles. The molecular weight excluding hydrogens is 349 g/mol. The van der Waals surface area contributed by atoms with Crippen LogP contribution in [-0.2, 0) is 19.7 Å². The van der Waals surface area contributed by atoms with E-state index >= 15 is 0 Å². The van der Waals surface area contributed by atoms with Crippen molar-refractivity contribution in [3.63, 3.8) is 0 Å². The third-order valence-corrected chi connectivity index (χ3v) is 6.64. The Morgan fingerprint density at radius 1 is 1.38 bits per heavy atom. The average Bonchev–Trinajstić information content (AvgIpc) is 2.99. The molecule has 3 rings (SSSR count). The van der Waals surface area contributed by atoms with E-state index in [0.29, 0.717) is 10.0 Å². The summed E-state index contributed by atoms with van der Waals surface area (Å²) < 4.78 is 5.31. The zero-order valence-corrected chi connectivity index (χ0v) is 15.6. The first kappa shape index (κ1) is 17.6. The number of esters is 1. The van der Waals surface area contributed by atoms with Gasteiger partial charge < -0.3 is 9.64 Å². The summed E-state index contributed by atoms with van der Waals surface area (Å²) >= 11 is 12.3. The molecule has 1 saturated heterocycles. The van der Waals surface area contributed by atoms with Crippen LogP contribution in [0.5, 0.6) is 0 Å². The summed E-state index contributed by atoms with van der Waals surface area (Å²) in [6, 6.07) is 5.54. The van der Waals surface area contributed by atoms with Crippen LogP contribution >= 0.6 is 23.2 Å². The number of hydrogen-bond acceptors (Lipinski definition) is 3. The zero-order valence-electron chi connectivity index (χ0n) is 14.1. The van der Waals surface area contributed by atoms with Crippen molar-refractivity contribution < 1.29 is 14.3 Å². The first-order valence-electron chi connectivity index (χ1n) is 8.18. The molecule has 1 aromatic carbocycles. The predicted octanol–water partition coefficient (Wildman–Crippen LogP) is 3.83. The number of likely N-dealkylation sites (tertiary alicyclic amines) is 1. The summed E-state index contributed by atoms with van der Waals surface area (Å²) in [4.78, 5) is 27.7. The van der Waals surface area contributed by atoms with Gasteiger partial charge in [-0.15, -0.1) is 0 Å². The van der Waals surface area contributed by atoms with Crippen molar-refractivity contribution in [2.24, 2.45) is 5.41 Å². The second-order valence-corrected chi connectivity index (χ2v) is 7.68. The number of halogens is 2. The molecule has 0 spiro atoms. The molecule has 0 N–H and O–H groups in total. The van der Waals surface area contributed by atoms with Gasteiger partial charge in [-0.05, 0) is 50.8 Å². The molecule has 2 fully saturated rings. The number of amides is 1. The molecule has 1 heterocycles. The monoisotopic (exact) mass is 369 g/mol. The molecule has 0 aromatic heterocycles. The van der Waals surface area contributed by atoms with Gasteiger partial charge in [-0.1, -0.05) is 29.3 Å². The highest BCUT2D eigenvalue weighted by molar-refractivity contribution is 6.42. The summed E-state index contributed by atoms with van der Waals surface area (Å²) in [7, 11) is 1.77. The fraction of sp³-hybridized carbons (Fsp3) is 0.556. The van der Waals surface area contributed by atoms with E-state index in [1.807, 2.05) is 6.07 Å². The van der Waals surface area contributed by atoms with E-state index in [1.165, 1.54) is 0 Å². The number of nitrogens with zero attached hydrogens (tertiary/aromatic N) is 1. The molecular formula is C18H21Cl2NO3. The highest BCUT2D eigenvalue weighted by atomic mass is 35.5. The van der Waals surface area contributed by atoms with Crippen molar-refractivity contribution >= 4 is 35.1 Å². The summed E-state index contributed by atoms with van der Waals surface area (Å²) in [6.45, 7) is 3.71. The Hall–Kier alpha value is -1.26. The summed E-state index contributed by atoms with van der Waals surface area (Å²) in [5.41, 5.74) is -0.986. The van der Waals surface area contributed by atoms with Crippen LogP contribution in [0, 0.1) is 5.41 Å². The molecule has 2 aliphatic rings. The topological polar surface area (TPSA) is 46.6 Å². The van der Waals surface area contributed by atoms with E-state index < -0.39 is 16.8 Å². The lowest BCUT2D eigenvalue weighted by Gasteiger charge is -2.49. The predicted molar refractivity (Wildman–Crippen MR) is 93.3 cm³/mol. The van der Waals surface area contributed by atoms with Gasteiger partial charge in [0.2, 0.25) is 5.91 Å². The van der Waals surface area contributed by atoms with Crippen LogP contribution < -0.4 is 0 Å². The maximum Gasteiger partial charge on any atom is 0.322 e. The molecule has 3 atom stereocenters. The van der Waals surface area contributed by atoms with Crippen LogP contribution in [0.2, 0.25) is 10.0 Å². The maximum atomic E-state index is 13.1. The summed E-state index contributed by atoms with van der Waals surface area (Å²) in [5, 5.41) is 0.896. The number of carbonyl (C=O) groups is 2. The van der Waals surface area contributed by atoms with Crippen molar-refractivity contribution in [2.45, 2.75) is 44.6 Å². The SMILES string of the molecule is CCOC(=O)[C@]1(C)C(=O)N(C)[C@H]2CC[C@@]1(c1ccc(Cl)c(Cl)c1)C2. The molecule has 1 amide bonds. The lowest BCUT2D eigenvalue weighted by atomic mass is 9.57. The number of carbonyl (C=O) groups excluding carboxylic acids is 2. The normalized spacial score (nSPS) is 32.1. The minimum Gasteiger partial charge on any atom is -0.465 e. The number of piperidine rings is 1. The molecule has 1 aliphatic heterocycles. The van der Waals surface area contributed by atoms with Gasteiger partial charge in [0.25, 0.3) is 0 Å². The third kappa shape index (κ3) is 2.19. The summed E-state index contributed by atoms with van der Waals surface area (Å²) in [5.74, 6) is -0.644. The fourth-order valence-electron chi connectivity index (χ4n) is 4.43. The lowest BCUT2D eigenvalue weighted by molar-refractivity contribution is -0.173. The van der Waals surface area contributed by atoms with Gasteiger partial charge in [-0.2, -0.15) is 0 Å². The van der Waals surface area contributed by atoms with Crippen LogP contribution in [-0.4, -0.2) is 36.5 Å². The van der Waals surface area contributed by atoms with E-state index in [4.69, 9.17) is 27.9 Å². The standard InChI is InChI=1S/C18H21Cl2NO3/c1-4-24-16(23)17(2)15(22)21(3)12-7-8-18(17,10-12)11-5-6-13(19)14(20)9-11/h5-6,9,12H,4,7-8,10H2,1-3H3/t12-,17-,18-/m0/s1. The quantitative estimate of drug-likeness (QED) is 0.600. The number of benzene rings is 1. The fourth-order valence-corrected chi connectivity index (χ4v) is 4.73. The molecule has 130 valence electrons. The van der Waals surface area contributed by atoms with Crippen LogP contribution in [0.3, 0.4) is 0 Å². The van der Waals surface area contributed by atoms with Crippen LogP contribution in [0.25, 0.3) is 0 Å². The van der Waals surface area contributed by atoms with E-state index in [-0.39, 0.29) is 18.6 Å². The minimum atomic E-state index is -1.26. The van der Waals surface area contributed by atoms with Gasteiger partial charge in [0.1, 0.15) is 0 Å². The lowest BCUT2D eigenvalue weighted by Crippen LogP contribution is -2.62. The van der Waals surface area contributed by atoms with Crippen molar-refractivity contribution in [1.82, 2.24) is 4.90 Å². The highest BCUT2D eigenvalue weighted by Crippen LogP contribution is 2.59. The van der Waals surface area contributed by atoms with Gasteiger partial charge in [-0.3, -0.25) is 9.59 Å². The molecule has 0 unspecified atom stereocenters. The van der Waals surface area contributed by atoms with E-state index in [0.717, 1.165) is 24.8 Å². The van der Waals surface area contributed by atoms with Crippen LogP contribution in [0.15, 0.2) is 18.2 Å². The average molecular weight is 370 g/mol. The molecule has 0 radical (unpaired) electrons. The van der Waals surface area contributed by atoms with E-state index in [9.17, 15) is 9.59 Å². The molecule has 1 aliphatic carbocycles. The molecule has 4 nitrogen and oxygen atoms in total. The molecule has 1 aromatic rings. The van der Waals surface area contributed by atoms with Gasteiger partial charge in [-0.25, -0.2) is 0 Å². The molecule has 24 heavy (non-hydrogen) atoms. The van der Waals surface area contributed by atoms with E-state index in [1.54, 1.807) is 37.9 Å². The van der Waals surface area contributed by atoms with Gasteiger partial charge >= 0.3 is 5.97 Å². The Morgan fingerprint density at radius 2 is 2.08 bits per heavy atom. The largest absolute Gasteiger partial charge is 0.465 e. The van der Waals surface area contributed by atoms with Gasteiger partial charge in [0, 0.05) is 18.5 Å². The molecule has 6 heteroatoms. The van der Waals surface area contributed by atoms with Crippen molar-refractivity contribution in [1.29, 1.82) is 0 Å². The third-order valence-electron chi connectivity index (χ3n) is 5.90. The van der Waals surface area contributed by atoms with Crippen LogP contribution in [0.1, 0.15) is 38.7 Å². The Kier molecular flexibility index (Phi) is 4.33. The highest BCUT2D eigenvalue weighted by Gasteiger charge is 2.67. The maximum absolute atomic E-state index is 13.1. The van der Waals surface area contributed by atoms with E-state index in [2.05, 4.69) is 0 Å². The Labute approximate surface area is 152 Å². The Bertz CT molecular complexity index is 708. The zero-order chi connectivity index (χ0) is 17.7. The minimum absolute atomic E-state index is 0.134. The first-order chi connectivity index (χ1) is 11.3. The smallest absolute Gasteiger partial charge is 0.322 e. The van der Waals surface area contributed by atoms with Crippen molar-refractivity contribution in [2.75, 3.05) is 13.7 Å². The van der Waals surface area contributed by atoms with Crippen molar-refractivity contribution in [3.05, 3.63) is 33.8 Å². The number of hydrogen-bond donors (Lipinski definition) is 0. The molecule has 2 bridgehead atoms. The summed E-state index contributed by atoms with van der Waals surface area (Å²) in [6.07, 6.45) is 2.32.